The van der Waals surface area contributed by atoms with E-state index in [-0.39, 0.29) is 22.7 Å². The molecule has 1 fully saturated rings. The summed E-state index contributed by atoms with van der Waals surface area (Å²) in [6.45, 7) is 3.13. The first-order chi connectivity index (χ1) is 11.0. The van der Waals surface area contributed by atoms with E-state index in [1.807, 2.05) is 11.8 Å². The lowest BCUT2D eigenvalue weighted by Crippen LogP contribution is -2.38. The predicted molar refractivity (Wildman–Crippen MR) is 82.3 cm³/mol. The fourth-order valence-corrected chi connectivity index (χ4v) is 3.17. The highest BCUT2D eigenvalue weighted by Crippen LogP contribution is 2.26. The van der Waals surface area contributed by atoms with Gasteiger partial charge in [-0.25, -0.2) is 9.89 Å². The molecule has 2 N–H and O–H groups in total. The second kappa shape index (κ2) is 6.57. The number of rotatable bonds is 4. The van der Waals surface area contributed by atoms with E-state index in [9.17, 15) is 9.59 Å². The third kappa shape index (κ3) is 3.47. The molecule has 124 valence electrons. The number of aryl methyl sites for hydroxylation is 1. The molecule has 2 aromatic heterocycles. The van der Waals surface area contributed by atoms with Crippen LogP contribution in [-0.2, 0) is 11.2 Å². The number of aromatic amines is 2. The number of hydrogen-bond donors (Lipinski definition) is 2. The number of halogens is 1. The van der Waals surface area contributed by atoms with Crippen molar-refractivity contribution >= 4 is 17.5 Å². The van der Waals surface area contributed by atoms with Gasteiger partial charge in [0.1, 0.15) is 5.82 Å². The van der Waals surface area contributed by atoms with Gasteiger partial charge in [0.05, 0.1) is 5.69 Å². The molecule has 3 heterocycles. The molecule has 0 aliphatic carbocycles. The monoisotopic (exact) mass is 339 g/mol. The van der Waals surface area contributed by atoms with Crippen LogP contribution in [0.4, 0.5) is 0 Å². The summed E-state index contributed by atoms with van der Waals surface area (Å²) in [4.78, 5) is 27.9. The van der Waals surface area contributed by atoms with Crippen LogP contribution >= 0.6 is 11.6 Å². The molecule has 23 heavy (non-hydrogen) atoms. The number of nitrogens with one attached hydrogen (secondary N) is 2. The average Bonchev–Trinajstić information content (AvgIpc) is 3.12. The maximum atomic E-state index is 12.3. The Morgan fingerprint density at radius 3 is 2.74 bits per heavy atom. The van der Waals surface area contributed by atoms with Gasteiger partial charge in [-0.2, -0.15) is 5.10 Å². The number of piperidine rings is 1. The Hall–Kier alpha value is -2.09. The maximum Gasteiger partial charge on any atom is 0.340 e. The average molecular weight is 340 g/mol. The standard InChI is InChI=1S/C14H18ClN5O3/c1-8-10(12(15)23-19-8)2-3-11(21)20-6-4-9(5-7-20)13-16-14(22)18-17-13/h9H,2-7H2,1H3,(H2,16,17,18,22). The molecule has 0 atom stereocenters. The molecule has 2 aromatic rings. The fraction of sp³-hybridized carbons (Fsp3) is 0.571. The summed E-state index contributed by atoms with van der Waals surface area (Å²) in [7, 11) is 0. The lowest BCUT2D eigenvalue weighted by Gasteiger charge is -2.31. The number of hydrogen-bond acceptors (Lipinski definition) is 5. The molecule has 0 spiro atoms. The number of nitrogens with zero attached hydrogens (tertiary/aromatic N) is 3. The van der Waals surface area contributed by atoms with Gasteiger partial charge < -0.3 is 9.42 Å². The molecule has 1 aliphatic rings. The molecule has 1 saturated heterocycles. The van der Waals surface area contributed by atoms with Crippen LogP contribution < -0.4 is 5.69 Å². The Balaban J connectivity index is 1.51. The van der Waals surface area contributed by atoms with Gasteiger partial charge in [0.2, 0.25) is 11.1 Å². The zero-order valence-electron chi connectivity index (χ0n) is 12.8. The molecule has 9 heteroatoms. The number of carbonyl (C=O) groups is 1. The minimum absolute atomic E-state index is 0.0932. The lowest BCUT2D eigenvalue weighted by molar-refractivity contribution is -0.132. The van der Waals surface area contributed by atoms with Crippen molar-refractivity contribution < 1.29 is 9.32 Å². The van der Waals surface area contributed by atoms with Gasteiger partial charge in [0.25, 0.3) is 0 Å². The zero-order chi connectivity index (χ0) is 16.4. The molecule has 8 nitrogen and oxygen atoms in total. The van der Waals surface area contributed by atoms with Gasteiger partial charge in [0, 0.05) is 31.0 Å². The summed E-state index contributed by atoms with van der Waals surface area (Å²) >= 11 is 5.91. The largest absolute Gasteiger partial charge is 0.344 e. The van der Waals surface area contributed by atoms with Crippen LogP contribution in [0.5, 0.6) is 0 Å². The minimum atomic E-state index is -0.292. The van der Waals surface area contributed by atoms with E-state index in [1.165, 1.54) is 0 Å². The second-order valence-corrected chi connectivity index (χ2v) is 6.08. The summed E-state index contributed by atoms with van der Waals surface area (Å²) < 4.78 is 4.89. The van der Waals surface area contributed by atoms with Crippen molar-refractivity contribution in [1.29, 1.82) is 0 Å². The topological polar surface area (TPSA) is 108 Å². The van der Waals surface area contributed by atoms with E-state index in [0.717, 1.165) is 24.1 Å². The number of amides is 1. The quantitative estimate of drug-likeness (QED) is 0.875. The molecule has 1 aliphatic heterocycles. The second-order valence-electron chi connectivity index (χ2n) is 5.74. The van der Waals surface area contributed by atoms with Crippen molar-refractivity contribution in [1.82, 2.24) is 25.2 Å². The zero-order valence-corrected chi connectivity index (χ0v) is 13.5. The third-order valence-electron chi connectivity index (χ3n) is 4.28. The number of carbonyl (C=O) groups excluding carboxylic acids is 1. The Kier molecular flexibility index (Phi) is 4.51. The highest BCUT2D eigenvalue weighted by atomic mass is 35.5. The smallest absolute Gasteiger partial charge is 0.340 e. The fourth-order valence-electron chi connectivity index (χ4n) is 2.91. The SMILES string of the molecule is Cc1noc(Cl)c1CCC(=O)N1CCC(c2n[nH]c(=O)[nH]2)CC1. The van der Waals surface area contributed by atoms with Gasteiger partial charge in [-0.05, 0) is 37.8 Å². The molecule has 0 bridgehead atoms. The first-order valence-corrected chi connectivity index (χ1v) is 7.95. The third-order valence-corrected chi connectivity index (χ3v) is 4.58. The molecule has 0 radical (unpaired) electrons. The maximum absolute atomic E-state index is 12.3. The lowest BCUT2D eigenvalue weighted by atomic mass is 9.96. The Labute approximate surface area is 137 Å². The van der Waals surface area contributed by atoms with Crippen molar-refractivity contribution in [3.8, 4) is 0 Å². The number of likely N-dealkylation sites (tertiary alicyclic amines) is 1. The van der Waals surface area contributed by atoms with E-state index in [2.05, 4.69) is 20.3 Å². The molecule has 0 saturated carbocycles. The predicted octanol–water partition coefficient (Wildman–Crippen LogP) is 1.39. The highest BCUT2D eigenvalue weighted by molar-refractivity contribution is 6.29. The molecular formula is C14H18ClN5O3. The summed E-state index contributed by atoms with van der Waals surface area (Å²) in [6.07, 6.45) is 2.49. The summed E-state index contributed by atoms with van der Waals surface area (Å²) in [5.41, 5.74) is 1.23. The van der Waals surface area contributed by atoms with Crippen molar-refractivity contribution in [3.63, 3.8) is 0 Å². The molecule has 1 amide bonds. The van der Waals surface area contributed by atoms with Crippen molar-refractivity contribution in [2.45, 2.75) is 38.5 Å². The van der Waals surface area contributed by atoms with Gasteiger partial charge >= 0.3 is 5.69 Å². The van der Waals surface area contributed by atoms with Crippen LogP contribution in [0.25, 0.3) is 0 Å². The summed E-state index contributed by atoms with van der Waals surface area (Å²) in [6, 6.07) is 0. The van der Waals surface area contributed by atoms with E-state index < -0.39 is 0 Å². The Morgan fingerprint density at radius 1 is 1.43 bits per heavy atom. The van der Waals surface area contributed by atoms with Crippen LogP contribution in [0.3, 0.4) is 0 Å². The van der Waals surface area contributed by atoms with Crippen LogP contribution in [0.15, 0.2) is 9.32 Å². The number of aromatic nitrogens is 4. The van der Waals surface area contributed by atoms with Gasteiger partial charge in [-0.3, -0.25) is 9.78 Å². The van der Waals surface area contributed by atoms with Crippen LogP contribution in [0.1, 0.15) is 42.3 Å². The van der Waals surface area contributed by atoms with Crippen molar-refractivity contribution in [2.24, 2.45) is 0 Å². The highest BCUT2D eigenvalue weighted by Gasteiger charge is 2.26. The van der Waals surface area contributed by atoms with Crippen LogP contribution in [0, 0.1) is 6.92 Å². The van der Waals surface area contributed by atoms with E-state index in [4.69, 9.17) is 16.1 Å². The minimum Gasteiger partial charge on any atom is -0.344 e. The van der Waals surface area contributed by atoms with E-state index in [0.29, 0.717) is 31.8 Å². The first kappa shape index (κ1) is 15.8. The van der Waals surface area contributed by atoms with Gasteiger partial charge in [-0.15, -0.1) is 0 Å². The molecule has 0 unspecified atom stereocenters. The van der Waals surface area contributed by atoms with Crippen molar-refractivity contribution in [3.05, 3.63) is 32.8 Å². The van der Waals surface area contributed by atoms with Gasteiger partial charge in [0.15, 0.2) is 0 Å². The van der Waals surface area contributed by atoms with Crippen LogP contribution in [-0.4, -0.2) is 44.2 Å². The summed E-state index contributed by atoms with van der Waals surface area (Å²) in [5.74, 6) is 0.956. The Morgan fingerprint density at radius 2 is 2.17 bits per heavy atom. The van der Waals surface area contributed by atoms with E-state index >= 15 is 0 Å². The van der Waals surface area contributed by atoms with Crippen LogP contribution in [0.2, 0.25) is 5.22 Å². The number of H-pyrrole nitrogens is 2. The molecule has 0 aromatic carbocycles. The van der Waals surface area contributed by atoms with Crippen molar-refractivity contribution in [2.75, 3.05) is 13.1 Å². The Bertz CT molecular complexity index is 722. The van der Waals surface area contributed by atoms with E-state index in [1.54, 1.807) is 0 Å². The van der Waals surface area contributed by atoms with Gasteiger partial charge in [-0.1, -0.05) is 5.16 Å². The molecule has 3 rings (SSSR count). The first-order valence-electron chi connectivity index (χ1n) is 7.57. The normalized spacial score (nSPS) is 16.0. The molecular weight excluding hydrogens is 322 g/mol. The summed E-state index contributed by atoms with van der Waals surface area (Å²) in [5, 5.41) is 10.4.